The lowest BCUT2D eigenvalue weighted by molar-refractivity contribution is 0.0980. The molecule has 0 fully saturated rings. The Hall–Kier alpha value is -2.62. The van der Waals surface area contributed by atoms with Crippen molar-refractivity contribution in [3.63, 3.8) is 0 Å². The lowest BCUT2D eigenvalue weighted by Gasteiger charge is -2.24. The fourth-order valence-electron chi connectivity index (χ4n) is 3.98. The monoisotopic (exact) mass is 406 g/mol. The van der Waals surface area contributed by atoms with Crippen LogP contribution in [0.15, 0.2) is 36.4 Å². The van der Waals surface area contributed by atoms with Gasteiger partial charge >= 0.3 is 0 Å². The van der Waals surface area contributed by atoms with Crippen LogP contribution in [-0.2, 0) is 0 Å². The molecule has 3 rings (SSSR count). The van der Waals surface area contributed by atoms with Gasteiger partial charge < -0.3 is 10.6 Å². The van der Waals surface area contributed by atoms with E-state index in [0.29, 0.717) is 34.1 Å². The van der Waals surface area contributed by atoms with E-state index in [4.69, 9.17) is 0 Å². The Balaban J connectivity index is 1.92. The Kier molecular flexibility index (Phi) is 7.30. The normalized spacial score (nSPS) is 12.9. The van der Waals surface area contributed by atoms with Crippen LogP contribution in [0, 0.1) is 11.8 Å². The molecular formula is C26H34N2O2. The molecule has 4 nitrogen and oxygen atoms in total. The second-order valence-electron chi connectivity index (χ2n) is 9.04. The van der Waals surface area contributed by atoms with E-state index in [2.05, 4.69) is 38.3 Å². The highest BCUT2D eigenvalue weighted by Gasteiger charge is 2.33. The van der Waals surface area contributed by atoms with E-state index >= 15 is 0 Å². The Morgan fingerprint density at radius 1 is 0.667 bits per heavy atom. The van der Waals surface area contributed by atoms with Crippen LogP contribution in [0.5, 0.6) is 0 Å². The summed E-state index contributed by atoms with van der Waals surface area (Å²) < 4.78 is 0. The molecule has 0 amide bonds. The minimum Gasteiger partial charge on any atom is -0.384 e. The van der Waals surface area contributed by atoms with Crippen LogP contribution in [0.4, 0.5) is 11.4 Å². The van der Waals surface area contributed by atoms with E-state index in [9.17, 15) is 9.59 Å². The molecule has 1 aliphatic rings. The molecule has 0 bridgehead atoms. The number of rotatable bonds is 10. The maximum atomic E-state index is 13.4. The molecule has 30 heavy (non-hydrogen) atoms. The predicted octanol–water partition coefficient (Wildman–Crippen LogP) is 6.16. The molecule has 2 N–H and O–H groups in total. The molecule has 0 heterocycles. The fourth-order valence-corrected chi connectivity index (χ4v) is 3.98. The summed E-state index contributed by atoms with van der Waals surface area (Å²) in [6.07, 6.45) is 4.31. The van der Waals surface area contributed by atoms with E-state index in [1.165, 1.54) is 0 Å². The van der Waals surface area contributed by atoms with E-state index < -0.39 is 0 Å². The summed E-state index contributed by atoms with van der Waals surface area (Å²) in [6, 6.07) is 11.0. The maximum Gasteiger partial charge on any atom is 0.196 e. The molecule has 1 aliphatic carbocycles. The van der Waals surface area contributed by atoms with E-state index in [-0.39, 0.29) is 11.6 Å². The first kappa shape index (κ1) is 22.1. The molecule has 0 spiro atoms. The predicted molar refractivity (Wildman–Crippen MR) is 125 cm³/mol. The summed E-state index contributed by atoms with van der Waals surface area (Å²) in [7, 11) is 0. The molecule has 0 radical (unpaired) electrons. The fraction of sp³-hybridized carbons (Fsp3) is 0.462. The lowest BCUT2D eigenvalue weighted by Crippen LogP contribution is -2.24. The summed E-state index contributed by atoms with van der Waals surface area (Å²) in [4.78, 5) is 26.7. The van der Waals surface area contributed by atoms with Crippen molar-refractivity contribution in [2.45, 2.75) is 53.4 Å². The van der Waals surface area contributed by atoms with Gasteiger partial charge in [-0.05, 0) is 49.7 Å². The summed E-state index contributed by atoms with van der Waals surface area (Å²) in [6.45, 7) is 10.4. The topological polar surface area (TPSA) is 58.2 Å². The van der Waals surface area contributed by atoms with Gasteiger partial charge in [0, 0.05) is 35.6 Å². The minimum atomic E-state index is -0.0719. The van der Waals surface area contributed by atoms with Crippen LogP contribution in [0.3, 0.4) is 0 Å². The Morgan fingerprint density at radius 2 is 1.07 bits per heavy atom. The van der Waals surface area contributed by atoms with Gasteiger partial charge in [-0.3, -0.25) is 9.59 Å². The SMILES string of the molecule is CC(C)CCCNc1ccc(NCCCC(C)C)c2c1C(=O)c1ccccc1C2=O. The summed E-state index contributed by atoms with van der Waals surface area (Å²) in [5.41, 5.74) is 3.53. The summed E-state index contributed by atoms with van der Waals surface area (Å²) in [5.74, 6) is 1.15. The Labute approximate surface area is 180 Å². The van der Waals surface area contributed by atoms with Gasteiger partial charge in [-0.25, -0.2) is 0 Å². The van der Waals surface area contributed by atoms with Crippen molar-refractivity contribution in [1.82, 2.24) is 0 Å². The highest BCUT2D eigenvalue weighted by molar-refractivity contribution is 6.31. The second kappa shape index (κ2) is 9.92. The first-order valence-corrected chi connectivity index (χ1v) is 11.2. The highest BCUT2D eigenvalue weighted by Crippen LogP contribution is 2.36. The molecule has 2 aromatic rings. The van der Waals surface area contributed by atoms with Gasteiger partial charge in [0.15, 0.2) is 11.6 Å². The van der Waals surface area contributed by atoms with Gasteiger partial charge in [0.25, 0.3) is 0 Å². The van der Waals surface area contributed by atoms with Crippen LogP contribution in [-0.4, -0.2) is 24.7 Å². The Bertz CT molecular complexity index is 841. The number of hydrogen-bond acceptors (Lipinski definition) is 4. The van der Waals surface area contributed by atoms with Crippen LogP contribution < -0.4 is 10.6 Å². The first-order valence-electron chi connectivity index (χ1n) is 11.2. The molecule has 0 atom stereocenters. The third-order valence-corrected chi connectivity index (χ3v) is 5.62. The van der Waals surface area contributed by atoms with Crippen LogP contribution in [0.2, 0.25) is 0 Å². The average molecular weight is 407 g/mol. The first-order chi connectivity index (χ1) is 14.4. The third kappa shape index (κ3) is 4.92. The van der Waals surface area contributed by atoms with Gasteiger partial charge in [-0.1, -0.05) is 52.0 Å². The average Bonchev–Trinajstić information content (AvgIpc) is 2.72. The summed E-state index contributed by atoms with van der Waals surface area (Å²) in [5, 5.41) is 6.84. The third-order valence-electron chi connectivity index (χ3n) is 5.62. The molecule has 160 valence electrons. The van der Waals surface area contributed by atoms with Gasteiger partial charge in [0.2, 0.25) is 0 Å². The van der Waals surface area contributed by atoms with Crippen LogP contribution in [0.1, 0.15) is 85.2 Å². The van der Waals surface area contributed by atoms with E-state index in [1.54, 1.807) is 12.1 Å². The second-order valence-corrected chi connectivity index (χ2v) is 9.04. The highest BCUT2D eigenvalue weighted by atomic mass is 16.1. The largest absolute Gasteiger partial charge is 0.384 e. The quantitative estimate of drug-likeness (QED) is 0.396. The van der Waals surface area contributed by atoms with Crippen molar-refractivity contribution >= 4 is 22.9 Å². The van der Waals surface area contributed by atoms with Gasteiger partial charge in [0.05, 0.1) is 11.1 Å². The van der Waals surface area contributed by atoms with Crippen molar-refractivity contribution in [2.75, 3.05) is 23.7 Å². The van der Waals surface area contributed by atoms with Crippen LogP contribution >= 0.6 is 0 Å². The number of fused-ring (bicyclic) bond motifs is 2. The molecular weight excluding hydrogens is 372 g/mol. The number of anilines is 2. The Morgan fingerprint density at radius 3 is 1.43 bits per heavy atom. The molecule has 4 heteroatoms. The zero-order chi connectivity index (χ0) is 21.7. The van der Waals surface area contributed by atoms with Gasteiger partial charge in [0.1, 0.15) is 0 Å². The zero-order valence-electron chi connectivity index (χ0n) is 18.7. The van der Waals surface area contributed by atoms with Crippen molar-refractivity contribution in [1.29, 1.82) is 0 Å². The number of ketones is 2. The van der Waals surface area contributed by atoms with Crippen molar-refractivity contribution < 1.29 is 9.59 Å². The van der Waals surface area contributed by atoms with Gasteiger partial charge in [-0.15, -0.1) is 0 Å². The number of nitrogens with one attached hydrogen (secondary N) is 2. The number of carbonyl (C=O) groups is 2. The molecule has 0 saturated heterocycles. The maximum absolute atomic E-state index is 13.4. The van der Waals surface area contributed by atoms with Crippen LogP contribution in [0.25, 0.3) is 0 Å². The number of benzene rings is 2. The number of carbonyl (C=O) groups excluding carboxylic acids is 2. The standard InChI is InChI=1S/C26H34N2O2/c1-17(2)9-7-15-27-21-13-14-22(28-16-8-10-18(3)4)24-23(21)25(29)19-11-5-6-12-20(19)26(24)30/h5-6,11-14,17-18,27-28H,7-10,15-16H2,1-4H3. The number of hydrogen-bond donors (Lipinski definition) is 2. The molecule has 0 saturated carbocycles. The zero-order valence-corrected chi connectivity index (χ0v) is 18.7. The van der Waals surface area contributed by atoms with Crippen molar-refractivity contribution in [3.8, 4) is 0 Å². The summed E-state index contributed by atoms with van der Waals surface area (Å²) >= 11 is 0. The lowest BCUT2D eigenvalue weighted by atomic mass is 9.82. The minimum absolute atomic E-state index is 0.0719. The van der Waals surface area contributed by atoms with E-state index in [0.717, 1.165) is 50.1 Å². The molecule has 0 unspecified atom stereocenters. The van der Waals surface area contributed by atoms with Crippen molar-refractivity contribution in [2.24, 2.45) is 11.8 Å². The molecule has 0 aliphatic heterocycles. The van der Waals surface area contributed by atoms with Gasteiger partial charge in [-0.2, -0.15) is 0 Å². The van der Waals surface area contributed by atoms with E-state index in [1.807, 2.05) is 24.3 Å². The smallest absolute Gasteiger partial charge is 0.196 e. The molecule has 0 aromatic heterocycles. The van der Waals surface area contributed by atoms with Crippen molar-refractivity contribution in [3.05, 3.63) is 58.7 Å². The molecule has 2 aromatic carbocycles.